The van der Waals surface area contributed by atoms with Crippen LogP contribution in [0.5, 0.6) is 5.75 Å². The van der Waals surface area contributed by atoms with Crippen LogP contribution in [0.2, 0.25) is 0 Å². The Hall–Kier alpha value is -1.55. The number of benzene rings is 1. The molecule has 0 radical (unpaired) electrons. The van der Waals surface area contributed by atoms with Gasteiger partial charge in [-0.2, -0.15) is 0 Å². The third kappa shape index (κ3) is 3.74. The molecule has 0 aromatic heterocycles. The zero-order chi connectivity index (χ0) is 12.8. The first-order chi connectivity index (χ1) is 8.78. The van der Waals surface area contributed by atoms with Gasteiger partial charge in [0.2, 0.25) is 5.91 Å². The Labute approximate surface area is 108 Å². The lowest BCUT2D eigenvalue weighted by Crippen LogP contribution is -2.48. The molecule has 1 saturated heterocycles. The second-order valence-corrected chi connectivity index (χ2v) is 4.58. The monoisotopic (exact) mass is 248 g/mol. The summed E-state index contributed by atoms with van der Waals surface area (Å²) in [5.41, 5.74) is 1.02. The number of nitrogens with one attached hydrogen (secondary N) is 2. The normalized spacial score (nSPS) is 14.9. The van der Waals surface area contributed by atoms with Crippen molar-refractivity contribution in [1.82, 2.24) is 10.6 Å². The minimum atomic E-state index is 0.0889. The quantitative estimate of drug-likeness (QED) is 0.788. The number of hydrogen-bond donors (Lipinski definition) is 2. The van der Waals surface area contributed by atoms with E-state index in [1.54, 1.807) is 0 Å². The van der Waals surface area contributed by atoms with Crippen LogP contribution in [-0.2, 0) is 11.2 Å². The second-order valence-electron chi connectivity index (χ2n) is 4.58. The van der Waals surface area contributed by atoms with Crippen molar-refractivity contribution in [3.63, 3.8) is 0 Å². The average Bonchev–Trinajstić information content (AvgIpc) is 2.30. The van der Waals surface area contributed by atoms with Gasteiger partial charge >= 0.3 is 0 Å². The maximum Gasteiger partial charge on any atom is 0.224 e. The van der Waals surface area contributed by atoms with Crippen molar-refractivity contribution in [3.05, 3.63) is 29.8 Å². The van der Waals surface area contributed by atoms with Crippen molar-refractivity contribution in [2.75, 3.05) is 26.2 Å². The topological polar surface area (TPSA) is 50.4 Å². The van der Waals surface area contributed by atoms with Gasteiger partial charge in [-0.25, -0.2) is 0 Å². The van der Waals surface area contributed by atoms with Gasteiger partial charge in [-0.3, -0.25) is 4.79 Å². The fourth-order valence-corrected chi connectivity index (χ4v) is 1.87. The minimum absolute atomic E-state index is 0.0889. The third-order valence-corrected chi connectivity index (χ3v) is 3.05. The van der Waals surface area contributed by atoms with Crippen LogP contribution in [0.15, 0.2) is 24.3 Å². The van der Waals surface area contributed by atoms with E-state index in [0.717, 1.165) is 30.9 Å². The lowest BCUT2D eigenvalue weighted by Gasteiger charge is -2.27. The molecule has 1 aromatic carbocycles. The maximum absolute atomic E-state index is 11.7. The van der Waals surface area contributed by atoms with Crippen LogP contribution in [0.4, 0.5) is 0 Å². The smallest absolute Gasteiger partial charge is 0.224 e. The molecule has 1 aromatic rings. The minimum Gasteiger partial charge on any atom is -0.494 e. The van der Waals surface area contributed by atoms with Crippen LogP contribution >= 0.6 is 0 Å². The van der Waals surface area contributed by atoms with E-state index in [-0.39, 0.29) is 5.91 Å². The lowest BCUT2D eigenvalue weighted by atomic mass is 10.0. The van der Waals surface area contributed by atoms with E-state index >= 15 is 0 Å². The van der Waals surface area contributed by atoms with E-state index in [4.69, 9.17) is 4.74 Å². The predicted molar refractivity (Wildman–Crippen MR) is 70.7 cm³/mol. The van der Waals surface area contributed by atoms with Crippen LogP contribution in [0, 0.1) is 5.92 Å². The van der Waals surface area contributed by atoms with Crippen molar-refractivity contribution < 1.29 is 9.53 Å². The lowest BCUT2D eigenvalue weighted by molar-refractivity contribution is -0.120. The molecule has 1 fully saturated rings. The van der Waals surface area contributed by atoms with Crippen LogP contribution in [0.3, 0.4) is 0 Å². The Balaban J connectivity index is 1.75. The summed E-state index contributed by atoms with van der Waals surface area (Å²) >= 11 is 0. The number of rotatable bonds is 6. The molecule has 1 amide bonds. The van der Waals surface area contributed by atoms with Crippen molar-refractivity contribution >= 4 is 5.91 Å². The Morgan fingerprint density at radius 2 is 2.11 bits per heavy atom. The highest BCUT2D eigenvalue weighted by Gasteiger charge is 2.17. The Kier molecular flexibility index (Phi) is 4.59. The van der Waals surface area contributed by atoms with Gasteiger partial charge in [0.25, 0.3) is 0 Å². The number of ether oxygens (including phenoxy) is 1. The van der Waals surface area contributed by atoms with E-state index in [9.17, 15) is 4.79 Å². The van der Waals surface area contributed by atoms with E-state index in [2.05, 4.69) is 10.6 Å². The first-order valence-electron chi connectivity index (χ1n) is 6.47. The number of hydrogen-bond acceptors (Lipinski definition) is 3. The van der Waals surface area contributed by atoms with Gasteiger partial charge in [-0.05, 0) is 24.6 Å². The highest BCUT2D eigenvalue weighted by Crippen LogP contribution is 2.12. The maximum atomic E-state index is 11.7. The first-order valence-corrected chi connectivity index (χ1v) is 6.47. The van der Waals surface area contributed by atoms with Gasteiger partial charge in [0, 0.05) is 25.6 Å². The van der Waals surface area contributed by atoms with Gasteiger partial charge in [0.1, 0.15) is 5.75 Å². The number of carbonyl (C=O) groups excluding carboxylic acids is 1. The van der Waals surface area contributed by atoms with E-state index in [1.165, 1.54) is 0 Å². The standard InChI is InChI=1S/C14H20N2O2/c1-2-18-13-5-3-11(4-6-13)7-14(17)16-10-12-8-15-9-12/h3-6,12,15H,2,7-10H2,1H3,(H,16,17). The summed E-state index contributed by atoms with van der Waals surface area (Å²) in [4.78, 5) is 11.7. The van der Waals surface area contributed by atoms with Crippen LogP contribution in [-0.4, -0.2) is 32.1 Å². The summed E-state index contributed by atoms with van der Waals surface area (Å²) < 4.78 is 5.36. The second kappa shape index (κ2) is 6.40. The fourth-order valence-electron chi connectivity index (χ4n) is 1.87. The van der Waals surface area contributed by atoms with E-state index < -0.39 is 0 Å². The van der Waals surface area contributed by atoms with Gasteiger partial charge in [-0.1, -0.05) is 12.1 Å². The largest absolute Gasteiger partial charge is 0.494 e. The molecular weight excluding hydrogens is 228 g/mol. The fraction of sp³-hybridized carbons (Fsp3) is 0.500. The third-order valence-electron chi connectivity index (χ3n) is 3.05. The molecule has 0 spiro atoms. The van der Waals surface area contributed by atoms with Crippen molar-refractivity contribution in [2.45, 2.75) is 13.3 Å². The molecule has 4 heteroatoms. The average molecular weight is 248 g/mol. The molecule has 0 bridgehead atoms. The number of carbonyl (C=O) groups is 1. The molecule has 98 valence electrons. The van der Waals surface area contributed by atoms with Crippen molar-refractivity contribution in [3.8, 4) is 5.75 Å². The SMILES string of the molecule is CCOc1ccc(CC(=O)NCC2CNC2)cc1. The molecule has 1 aliphatic heterocycles. The van der Waals surface area contributed by atoms with Gasteiger partial charge in [-0.15, -0.1) is 0 Å². The van der Waals surface area contributed by atoms with Gasteiger partial charge in [0.05, 0.1) is 13.0 Å². The molecule has 4 nitrogen and oxygen atoms in total. The summed E-state index contributed by atoms with van der Waals surface area (Å²) in [6, 6.07) is 7.69. The van der Waals surface area contributed by atoms with Crippen LogP contribution in [0.1, 0.15) is 12.5 Å². The molecule has 1 heterocycles. The predicted octanol–water partition coefficient (Wildman–Crippen LogP) is 0.963. The Bertz CT molecular complexity index is 385. The summed E-state index contributed by atoms with van der Waals surface area (Å²) in [5, 5.41) is 6.15. The highest BCUT2D eigenvalue weighted by atomic mass is 16.5. The van der Waals surface area contributed by atoms with Crippen molar-refractivity contribution in [1.29, 1.82) is 0 Å². The van der Waals surface area contributed by atoms with Crippen LogP contribution < -0.4 is 15.4 Å². The molecule has 0 aliphatic carbocycles. The Morgan fingerprint density at radius 3 is 2.67 bits per heavy atom. The highest BCUT2D eigenvalue weighted by molar-refractivity contribution is 5.78. The summed E-state index contributed by atoms with van der Waals surface area (Å²) in [6.45, 7) is 5.43. The molecule has 18 heavy (non-hydrogen) atoms. The number of amides is 1. The van der Waals surface area contributed by atoms with E-state index in [0.29, 0.717) is 18.9 Å². The molecule has 0 saturated carbocycles. The summed E-state index contributed by atoms with van der Waals surface area (Å²) in [5.74, 6) is 1.54. The zero-order valence-corrected chi connectivity index (χ0v) is 10.7. The summed E-state index contributed by atoms with van der Waals surface area (Å²) in [7, 11) is 0. The Morgan fingerprint density at radius 1 is 1.39 bits per heavy atom. The molecule has 1 aliphatic rings. The van der Waals surface area contributed by atoms with Crippen LogP contribution in [0.25, 0.3) is 0 Å². The van der Waals surface area contributed by atoms with Gasteiger partial charge in [0.15, 0.2) is 0 Å². The molecule has 0 unspecified atom stereocenters. The van der Waals surface area contributed by atoms with E-state index in [1.807, 2.05) is 31.2 Å². The van der Waals surface area contributed by atoms with Gasteiger partial charge < -0.3 is 15.4 Å². The first kappa shape index (κ1) is 12.9. The summed E-state index contributed by atoms with van der Waals surface area (Å²) in [6.07, 6.45) is 0.437. The zero-order valence-electron chi connectivity index (χ0n) is 10.7. The van der Waals surface area contributed by atoms with Crippen molar-refractivity contribution in [2.24, 2.45) is 5.92 Å². The molecule has 2 rings (SSSR count). The molecule has 0 atom stereocenters. The molecule has 2 N–H and O–H groups in total. The molecular formula is C14H20N2O2.